The first-order valence-corrected chi connectivity index (χ1v) is 8.84. The molecular weight excluding hydrogens is 354 g/mol. The average molecular weight is 370 g/mol. The number of fused-ring (bicyclic) bond motifs is 1. The van der Waals surface area contributed by atoms with Crippen molar-refractivity contribution in [2.45, 2.75) is 26.3 Å². The fraction of sp³-hybridized carbons (Fsp3) is 0.200. The van der Waals surface area contributed by atoms with Gasteiger partial charge < -0.3 is 4.57 Å². The lowest BCUT2D eigenvalue weighted by molar-refractivity contribution is 0.0990. The highest BCUT2D eigenvalue weighted by atomic mass is 32.1. The third kappa shape index (κ3) is 3.31. The molecule has 0 saturated heterocycles. The summed E-state index contributed by atoms with van der Waals surface area (Å²) < 4.78 is 30.3. The van der Waals surface area contributed by atoms with Crippen molar-refractivity contribution in [2.75, 3.05) is 0 Å². The maximum atomic E-state index is 13.8. The molecule has 3 aromatic rings. The number of benzene rings is 2. The van der Waals surface area contributed by atoms with E-state index in [-0.39, 0.29) is 6.54 Å². The summed E-state index contributed by atoms with van der Waals surface area (Å²) in [5.41, 5.74) is 1.31. The van der Waals surface area contributed by atoms with Gasteiger partial charge in [0.1, 0.15) is 17.2 Å². The molecule has 0 aliphatic rings. The summed E-state index contributed by atoms with van der Waals surface area (Å²) in [4.78, 5) is 16.6. The molecule has 3 nitrogen and oxygen atoms in total. The highest BCUT2D eigenvalue weighted by Crippen LogP contribution is 2.23. The van der Waals surface area contributed by atoms with Gasteiger partial charge in [-0.3, -0.25) is 4.79 Å². The highest BCUT2D eigenvalue weighted by molar-refractivity contribution is 7.16. The number of nitrogens with zero attached hydrogens (tertiary/aromatic N) is 2. The molecule has 0 aliphatic heterocycles. The minimum absolute atomic E-state index is 0.201. The van der Waals surface area contributed by atoms with Crippen LogP contribution in [0.5, 0.6) is 0 Å². The summed E-state index contributed by atoms with van der Waals surface area (Å²) in [5.74, 6) is 0.0214. The predicted octanol–water partition coefficient (Wildman–Crippen LogP) is 4.48. The number of hydrogen-bond donors (Lipinski definition) is 0. The van der Waals surface area contributed by atoms with E-state index >= 15 is 0 Å². The quantitative estimate of drug-likeness (QED) is 0.626. The van der Waals surface area contributed by atoms with Gasteiger partial charge in [-0.25, -0.2) is 8.78 Å². The lowest BCUT2D eigenvalue weighted by atomic mass is 10.0. The number of amides is 1. The molecule has 0 saturated carbocycles. The van der Waals surface area contributed by atoms with E-state index in [1.165, 1.54) is 17.4 Å². The normalized spacial score (nSPS) is 11.9. The van der Waals surface area contributed by atoms with Crippen molar-refractivity contribution in [1.82, 2.24) is 4.57 Å². The number of thiazole rings is 1. The van der Waals surface area contributed by atoms with E-state index in [1.54, 1.807) is 4.57 Å². The molecule has 132 valence electrons. The van der Waals surface area contributed by atoms with E-state index < -0.39 is 23.1 Å². The molecule has 1 aromatic heterocycles. The van der Waals surface area contributed by atoms with Gasteiger partial charge in [0.25, 0.3) is 5.91 Å². The zero-order valence-electron chi connectivity index (χ0n) is 14.3. The zero-order chi connectivity index (χ0) is 18.8. The molecule has 0 bridgehead atoms. The molecule has 0 N–H and O–H groups in total. The molecular formula is C20H16F2N2OS. The SMILES string of the molecule is C#CCn1c(=NC(=O)c2c(F)cccc2F)sc2cc(C(C)C)ccc21. The Bertz CT molecular complexity index is 1080. The topological polar surface area (TPSA) is 34.4 Å². The van der Waals surface area contributed by atoms with Crippen LogP contribution in [0.2, 0.25) is 0 Å². The molecule has 2 aromatic carbocycles. The molecule has 1 heterocycles. The van der Waals surface area contributed by atoms with Crippen LogP contribution in [0.25, 0.3) is 10.2 Å². The van der Waals surface area contributed by atoms with E-state index in [0.717, 1.165) is 27.9 Å². The molecule has 1 amide bonds. The Labute approximate surface area is 153 Å². The summed E-state index contributed by atoms with van der Waals surface area (Å²) in [5, 5.41) is 0. The first-order valence-electron chi connectivity index (χ1n) is 8.02. The van der Waals surface area contributed by atoms with Gasteiger partial charge in [0, 0.05) is 0 Å². The van der Waals surface area contributed by atoms with Gasteiger partial charge in [0.05, 0.1) is 16.8 Å². The smallest absolute Gasteiger partial charge is 0.285 e. The zero-order valence-corrected chi connectivity index (χ0v) is 15.1. The van der Waals surface area contributed by atoms with Crippen LogP contribution in [0.3, 0.4) is 0 Å². The van der Waals surface area contributed by atoms with Crippen molar-refractivity contribution in [3.63, 3.8) is 0 Å². The fourth-order valence-electron chi connectivity index (χ4n) is 2.62. The molecule has 26 heavy (non-hydrogen) atoms. The van der Waals surface area contributed by atoms with Crippen LogP contribution in [0.15, 0.2) is 41.4 Å². The molecule has 0 aliphatic carbocycles. The van der Waals surface area contributed by atoms with Crippen LogP contribution >= 0.6 is 11.3 Å². The van der Waals surface area contributed by atoms with Crippen molar-refractivity contribution in [1.29, 1.82) is 0 Å². The second-order valence-electron chi connectivity index (χ2n) is 6.07. The molecule has 0 atom stereocenters. The van der Waals surface area contributed by atoms with E-state index in [4.69, 9.17) is 6.42 Å². The van der Waals surface area contributed by atoms with Gasteiger partial charge in [-0.1, -0.05) is 43.2 Å². The van der Waals surface area contributed by atoms with Gasteiger partial charge in [0.15, 0.2) is 4.80 Å². The van der Waals surface area contributed by atoms with E-state index in [0.29, 0.717) is 10.7 Å². The van der Waals surface area contributed by atoms with Crippen LogP contribution in [0, 0.1) is 24.0 Å². The average Bonchev–Trinajstić information content (AvgIpc) is 2.91. The summed E-state index contributed by atoms with van der Waals surface area (Å²) in [6.45, 7) is 4.37. The van der Waals surface area contributed by atoms with Crippen LogP contribution in [-0.4, -0.2) is 10.5 Å². The Morgan fingerprint density at radius 1 is 1.27 bits per heavy atom. The van der Waals surface area contributed by atoms with E-state index in [9.17, 15) is 13.6 Å². The van der Waals surface area contributed by atoms with Gasteiger partial charge in [-0.2, -0.15) is 4.99 Å². The van der Waals surface area contributed by atoms with E-state index in [2.05, 4.69) is 24.8 Å². The minimum atomic E-state index is -0.970. The Hall–Kier alpha value is -2.78. The van der Waals surface area contributed by atoms with Crippen LogP contribution in [0.4, 0.5) is 8.78 Å². The third-order valence-electron chi connectivity index (χ3n) is 4.00. The van der Waals surface area contributed by atoms with E-state index in [1.807, 2.05) is 18.2 Å². The van der Waals surface area contributed by atoms with Gasteiger partial charge >= 0.3 is 0 Å². The van der Waals surface area contributed by atoms with Crippen molar-refractivity contribution < 1.29 is 13.6 Å². The van der Waals surface area contributed by atoms with Crippen LogP contribution in [-0.2, 0) is 6.54 Å². The second-order valence-corrected chi connectivity index (χ2v) is 7.08. The van der Waals surface area contributed by atoms with Crippen LogP contribution < -0.4 is 4.80 Å². The largest absolute Gasteiger partial charge is 0.305 e. The van der Waals surface area contributed by atoms with Crippen molar-refractivity contribution >= 4 is 27.5 Å². The number of carbonyl (C=O) groups excluding carboxylic acids is 1. The maximum absolute atomic E-state index is 13.8. The molecule has 0 unspecified atom stereocenters. The molecule has 3 rings (SSSR count). The number of terminal acetylenes is 1. The Morgan fingerprint density at radius 3 is 2.58 bits per heavy atom. The van der Waals surface area contributed by atoms with Gasteiger partial charge in [-0.15, -0.1) is 6.42 Å². The molecule has 0 radical (unpaired) electrons. The summed E-state index contributed by atoms with van der Waals surface area (Å²) >= 11 is 1.27. The first-order chi connectivity index (χ1) is 12.4. The Balaban J connectivity index is 2.20. The number of hydrogen-bond acceptors (Lipinski definition) is 2. The first kappa shape index (κ1) is 18.0. The monoisotopic (exact) mass is 370 g/mol. The fourth-order valence-corrected chi connectivity index (χ4v) is 3.70. The lowest BCUT2D eigenvalue weighted by Gasteiger charge is -2.05. The van der Waals surface area contributed by atoms with Gasteiger partial charge in [0.2, 0.25) is 0 Å². The third-order valence-corrected chi connectivity index (χ3v) is 5.04. The van der Waals surface area contributed by atoms with Gasteiger partial charge in [-0.05, 0) is 35.7 Å². The predicted molar refractivity (Wildman–Crippen MR) is 99.0 cm³/mol. The van der Waals surface area contributed by atoms with Crippen molar-refractivity contribution in [2.24, 2.45) is 4.99 Å². The second kappa shape index (κ2) is 7.22. The van der Waals surface area contributed by atoms with Crippen molar-refractivity contribution in [3.8, 4) is 12.3 Å². The molecule has 0 spiro atoms. The highest BCUT2D eigenvalue weighted by Gasteiger charge is 2.17. The number of rotatable bonds is 3. The Kier molecular flexibility index (Phi) is 5.01. The summed E-state index contributed by atoms with van der Waals surface area (Å²) in [6, 6.07) is 9.20. The standard InChI is InChI=1S/C20H16F2N2OS/c1-4-10-24-16-9-8-13(12(2)3)11-17(16)26-20(24)23-19(25)18-14(21)6-5-7-15(18)22/h1,5-9,11-12H,10H2,2-3H3. The Morgan fingerprint density at radius 2 is 1.96 bits per heavy atom. The number of carbonyl (C=O) groups is 1. The summed E-state index contributed by atoms with van der Waals surface area (Å²) in [6.07, 6.45) is 5.44. The van der Waals surface area contributed by atoms with Crippen molar-refractivity contribution in [3.05, 3.63) is 64.0 Å². The molecule has 6 heteroatoms. The molecule has 0 fully saturated rings. The minimum Gasteiger partial charge on any atom is -0.305 e. The summed E-state index contributed by atoms with van der Waals surface area (Å²) in [7, 11) is 0. The van der Waals surface area contributed by atoms with Crippen LogP contribution in [0.1, 0.15) is 35.7 Å². The number of aromatic nitrogens is 1. The maximum Gasteiger partial charge on any atom is 0.285 e. The number of halogens is 2. The lowest BCUT2D eigenvalue weighted by Crippen LogP contribution is -2.17.